The highest BCUT2D eigenvalue weighted by atomic mass is 16.5. The van der Waals surface area contributed by atoms with Crippen LogP contribution < -0.4 is 0 Å². The van der Waals surface area contributed by atoms with Crippen molar-refractivity contribution in [2.75, 3.05) is 33.4 Å². The summed E-state index contributed by atoms with van der Waals surface area (Å²) >= 11 is 0. The van der Waals surface area contributed by atoms with Gasteiger partial charge in [0.1, 0.15) is 0 Å². The third-order valence-electron chi connectivity index (χ3n) is 4.31. The standard InChI is InChI=1S/C11H9N.C10H21NO.2C2H6/c1-2-4-10(5-3-1)11-6-8-12-9-7-11;1-12-10-6-9-11-7-4-2-3-5-8-11;2*1-2/h1-9H;2-10H2,1H3;2*1-2H3. The van der Waals surface area contributed by atoms with Crippen LogP contribution >= 0.6 is 0 Å². The fourth-order valence-electron chi connectivity index (χ4n) is 2.97. The zero-order chi connectivity index (χ0) is 20.9. The zero-order valence-electron chi connectivity index (χ0n) is 18.9. The number of benzene rings is 1. The molecule has 0 N–H and O–H groups in total. The summed E-state index contributed by atoms with van der Waals surface area (Å²) in [5.74, 6) is 0. The summed E-state index contributed by atoms with van der Waals surface area (Å²) in [6.07, 6.45) is 10.5. The van der Waals surface area contributed by atoms with Crippen LogP contribution in [0.2, 0.25) is 0 Å². The summed E-state index contributed by atoms with van der Waals surface area (Å²) in [7, 11) is 1.78. The Hall–Kier alpha value is -1.71. The third-order valence-corrected chi connectivity index (χ3v) is 4.31. The van der Waals surface area contributed by atoms with Crippen LogP contribution in [0, 0.1) is 0 Å². The number of nitrogens with zero attached hydrogens (tertiary/aromatic N) is 2. The lowest BCUT2D eigenvalue weighted by molar-refractivity contribution is 0.173. The Balaban J connectivity index is 0.000000443. The summed E-state index contributed by atoms with van der Waals surface area (Å²) in [4.78, 5) is 6.55. The molecule has 1 aliphatic rings. The molecular weight excluding hydrogens is 344 g/mol. The van der Waals surface area contributed by atoms with Crippen LogP contribution in [-0.2, 0) is 4.74 Å². The van der Waals surface area contributed by atoms with Crippen LogP contribution in [0.1, 0.15) is 59.8 Å². The van der Waals surface area contributed by atoms with Crippen molar-refractivity contribution in [2.24, 2.45) is 0 Å². The molecule has 1 aliphatic heterocycles. The van der Waals surface area contributed by atoms with E-state index in [1.54, 1.807) is 7.11 Å². The quantitative estimate of drug-likeness (QED) is 0.535. The molecule has 158 valence electrons. The van der Waals surface area contributed by atoms with Gasteiger partial charge in [-0.15, -0.1) is 0 Å². The minimum Gasteiger partial charge on any atom is -0.385 e. The molecule has 0 aliphatic carbocycles. The van der Waals surface area contributed by atoms with E-state index in [0.717, 1.165) is 6.61 Å². The van der Waals surface area contributed by atoms with E-state index in [9.17, 15) is 0 Å². The smallest absolute Gasteiger partial charge is 0.0474 e. The Labute approximate surface area is 174 Å². The second kappa shape index (κ2) is 20.0. The Bertz CT molecular complexity index is 485. The van der Waals surface area contributed by atoms with Gasteiger partial charge in [0.2, 0.25) is 0 Å². The lowest BCUT2D eigenvalue weighted by atomic mass is 10.1. The molecule has 0 unspecified atom stereocenters. The first kappa shape index (κ1) is 26.3. The molecule has 28 heavy (non-hydrogen) atoms. The number of rotatable bonds is 5. The van der Waals surface area contributed by atoms with Gasteiger partial charge >= 0.3 is 0 Å². The Morgan fingerprint density at radius 2 is 1.32 bits per heavy atom. The van der Waals surface area contributed by atoms with E-state index in [2.05, 4.69) is 22.0 Å². The fraction of sp³-hybridized carbons (Fsp3) is 0.560. The van der Waals surface area contributed by atoms with Crippen molar-refractivity contribution in [3.05, 3.63) is 54.9 Å². The van der Waals surface area contributed by atoms with E-state index in [0.29, 0.717) is 0 Å². The van der Waals surface area contributed by atoms with E-state index in [1.165, 1.54) is 62.9 Å². The van der Waals surface area contributed by atoms with Crippen LogP contribution in [0.25, 0.3) is 11.1 Å². The highest BCUT2D eigenvalue weighted by Gasteiger charge is 2.07. The monoisotopic (exact) mass is 386 g/mol. The number of pyridine rings is 1. The average molecular weight is 387 g/mol. The predicted octanol–water partition coefficient (Wildman–Crippen LogP) is 6.70. The highest BCUT2D eigenvalue weighted by Crippen LogP contribution is 2.16. The average Bonchev–Trinajstić information content (AvgIpc) is 3.07. The molecule has 0 atom stereocenters. The zero-order valence-corrected chi connectivity index (χ0v) is 18.9. The van der Waals surface area contributed by atoms with Gasteiger partial charge in [-0.1, -0.05) is 70.9 Å². The van der Waals surface area contributed by atoms with E-state index < -0.39 is 0 Å². The van der Waals surface area contributed by atoms with Crippen LogP contribution in [0.5, 0.6) is 0 Å². The van der Waals surface area contributed by atoms with Crippen LogP contribution in [0.4, 0.5) is 0 Å². The van der Waals surface area contributed by atoms with E-state index in [4.69, 9.17) is 4.74 Å². The molecule has 2 heterocycles. The number of ether oxygens (including phenoxy) is 1. The maximum absolute atomic E-state index is 5.04. The molecule has 0 radical (unpaired) electrons. The predicted molar refractivity (Wildman–Crippen MR) is 124 cm³/mol. The molecule has 3 rings (SSSR count). The molecule has 1 fully saturated rings. The molecule has 0 saturated carbocycles. The van der Waals surface area contributed by atoms with Gasteiger partial charge in [0.15, 0.2) is 0 Å². The first-order chi connectivity index (χ1) is 13.9. The molecule has 1 aromatic carbocycles. The van der Waals surface area contributed by atoms with Crippen molar-refractivity contribution < 1.29 is 4.74 Å². The molecule has 3 heteroatoms. The molecule has 0 amide bonds. The summed E-state index contributed by atoms with van der Waals surface area (Å²) in [6.45, 7) is 12.8. The highest BCUT2D eigenvalue weighted by molar-refractivity contribution is 5.62. The normalized spacial score (nSPS) is 13.5. The van der Waals surface area contributed by atoms with Gasteiger partial charge in [0.25, 0.3) is 0 Å². The Morgan fingerprint density at radius 3 is 1.86 bits per heavy atom. The first-order valence-electron chi connectivity index (χ1n) is 11.1. The molecule has 1 aromatic heterocycles. The Morgan fingerprint density at radius 1 is 0.786 bits per heavy atom. The largest absolute Gasteiger partial charge is 0.385 e. The second-order valence-electron chi connectivity index (χ2n) is 6.20. The number of hydrogen-bond donors (Lipinski definition) is 0. The molecule has 3 nitrogen and oxygen atoms in total. The molecule has 0 bridgehead atoms. The topological polar surface area (TPSA) is 25.4 Å². The van der Waals surface area contributed by atoms with Crippen molar-refractivity contribution in [3.8, 4) is 11.1 Å². The van der Waals surface area contributed by atoms with Gasteiger partial charge in [0, 0.05) is 32.7 Å². The molecule has 1 saturated heterocycles. The van der Waals surface area contributed by atoms with Gasteiger partial charge in [0.05, 0.1) is 0 Å². The molecule has 0 spiro atoms. The van der Waals surface area contributed by atoms with E-state index in [-0.39, 0.29) is 0 Å². The van der Waals surface area contributed by atoms with E-state index in [1.807, 2.05) is 70.4 Å². The van der Waals surface area contributed by atoms with Crippen LogP contribution in [0.3, 0.4) is 0 Å². The van der Waals surface area contributed by atoms with Crippen LogP contribution in [-0.4, -0.2) is 43.2 Å². The fourth-order valence-corrected chi connectivity index (χ4v) is 2.97. The van der Waals surface area contributed by atoms with Gasteiger partial charge in [-0.05, 0) is 55.6 Å². The van der Waals surface area contributed by atoms with Gasteiger partial charge < -0.3 is 9.64 Å². The lowest BCUT2D eigenvalue weighted by Gasteiger charge is -2.18. The number of likely N-dealkylation sites (tertiary alicyclic amines) is 1. The molecule has 2 aromatic rings. The van der Waals surface area contributed by atoms with E-state index >= 15 is 0 Å². The van der Waals surface area contributed by atoms with Crippen molar-refractivity contribution in [2.45, 2.75) is 59.8 Å². The minimum absolute atomic E-state index is 0.913. The minimum atomic E-state index is 0.913. The Kier molecular flexibility index (Phi) is 18.8. The summed E-state index contributed by atoms with van der Waals surface area (Å²) in [5.41, 5.74) is 2.45. The van der Waals surface area contributed by atoms with Gasteiger partial charge in [-0.25, -0.2) is 0 Å². The first-order valence-corrected chi connectivity index (χ1v) is 11.1. The van der Waals surface area contributed by atoms with Crippen molar-refractivity contribution >= 4 is 0 Å². The SMILES string of the molecule is CC.CC.COCCCN1CCCCCC1.c1ccc(-c2ccncc2)cc1. The van der Waals surface area contributed by atoms with Crippen molar-refractivity contribution in [1.82, 2.24) is 9.88 Å². The number of aromatic nitrogens is 1. The summed E-state index contributed by atoms with van der Waals surface area (Å²) in [6, 6.07) is 14.3. The second-order valence-corrected chi connectivity index (χ2v) is 6.20. The lowest BCUT2D eigenvalue weighted by Crippen LogP contribution is -2.26. The summed E-state index contributed by atoms with van der Waals surface area (Å²) < 4.78 is 5.04. The number of methoxy groups -OCH3 is 1. The molecular formula is C25H42N2O. The third kappa shape index (κ3) is 12.6. The van der Waals surface area contributed by atoms with Gasteiger partial charge in [-0.3, -0.25) is 4.98 Å². The summed E-state index contributed by atoms with van der Waals surface area (Å²) in [5, 5.41) is 0. The van der Waals surface area contributed by atoms with Crippen molar-refractivity contribution in [3.63, 3.8) is 0 Å². The van der Waals surface area contributed by atoms with Crippen molar-refractivity contribution in [1.29, 1.82) is 0 Å². The number of hydrogen-bond acceptors (Lipinski definition) is 3. The van der Waals surface area contributed by atoms with Crippen LogP contribution in [0.15, 0.2) is 54.9 Å². The maximum Gasteiger partial charge on any atom is 0.0474 e. The van der Waals surface area contributed by atoms with Gasteiger partial charge in [-0.2, -0.15) is 0 Å². The maximum atomic E-state index is 5.04.